The molecule has 0 aliphatic carbocycles. The molecule has 0 bridgehead atoms. The van der Waals surface area contributed by atoms with E-state index in [1.54, 1.807) is 0 Å². The minimum absolute atomic E-state index is 0.0463. The summed E-state index contributed by atoms with van der Waals surface area (Å²) in [5.74, 6) is 1.44. The maximum Gasteiger partial charge on any atom is 0.305 e. The zero-order valence-corrected chi connectivity index (χ0v) is 11.3. The highest BCUT2D eigenvalue weighted by molar-refractivity contribution is 7.99. The van der Waals surface area contributed by atoms with Crippen molar-refractivity contribution in [2.24, 2.45) is 0 Å². The zero-order chi connectivity index (χ0) is 12.9. The largest absolute Gasteiger partial charge is 0.481 e. The molecule has 5 heteroatoms. The number of carboxylic acid groups (broad SMARTS) is 1. The molecule has 1 rings (SSSR count). The molecular formula is C12H22O4S. The Balaban J connectivity index is 0.000000354. The molecule has 4 nitrogen and oxygen atoms in total. The SMILES string of the molecule is CCCCSCCCC(=O)O.O=C1CCCO1. The molecule has 0 saturated carbocycles. The van der Waals surface area contributed by atoms with Gasteiger partial charge in [-0.3, -0.25) is 9.59 Å². The van der Waals surface area contributed by atoms with Crippen LogP contribution in [-0.2, 0) is 14.3 Å². The lowest BCUT2D eigenvalue weighted by Crippen LogP contribution is -1.95. The molecule has 1 saturated heterocycles. The van der Waals surface area contributed by atoms with Gasteiger partial charge in [0.15, 0.2) is 0 Å². The van der Waals surface area contributed by atoms with Gasteiger partial charge in [-0.2, -0.15) is 11.8 Å². The van der Waals surface area contributed by atoms with Crippen molar-refractivity contribution < 1.29 is 19.4 Å². The fourth-order valence-electron chi connectivity index (χ4n) is 1.15. The summed E-state index contributed by atoms with van der Waals surface area (Å²) in [6.45, 7) is 2.80. The minimum atomic E-state index is -0.680. The molecular weight excluding hydrogens is 240 g/mol. The van der Waals surface area contributed by atoms with Crippen LogP contribution >= 0.6 is 11.8 Å². The van der Waals surface area contributed by atoms with Gasteiger partial charge in [-0.1, -0.05) is 13.3 Å². The van der Waals surface area contributed by atoms with Crippen LogP contribution in [0.1, 0.15) is 45.4 Å². The highest BCUT2D eigenvalue weighted by Crippen LogP contribution is 2.07. The first-order valence-corrected chi connectivity index (χ1v) is 7.27. The van der Waals surface area contributed by atoms with E-state index in [4.69, 9.17) is 5.11 Å². The summed E-state index contributed by atoms with van der Waals surface area (Å²) in [6.07, 6.45) is 5.14. The van der Waals surface area contributed by atoms with E-state index in [0.717, 1.165) is 18.6 Å². The van der Waals surface area contributed by atoms with Gasteiger partial charge >= 0.3 is 11.9 Å². The van der Waals surface area contributed by atoms with Crippen molar-refractivity contribution in [3.8, 4) is 0 Å². The lowest BCUT2D eigenvalue weighted by atomic mass is 10.3. The number of esters is 1. The normalized spacial score (nSPS) is 13.8. The molecule has 1 aliphatic heterocycles. The first-order valence-electron chi connectivity index (χ1n) is 6.12. The summed E-state index contributed by atoms with van der Waals surface area (Å²) in [7, 11) is 0. The van der Waals surface area contributed by atoms with Gasteiger partial charge in [0.2, 0.25) is 0 Å². The number of rotatable bonds is 7. The predicted octanol–water partition coefficient (Wildman–Crippen LogP) is 2.71. The van der Waals surface area contributed by atoms with Crippen molar-refractivity contribution in [2.75, 3.05) is 18.1 Å². The summed E-state index contributed by atoms with van der Waals surface area (Å²) in [6, 6.07) is 0. The summed E-state index contributed by atoms with van der Waals surface area (Å²) in [5, 5.41) is 8.31. The van der Waals surface area contributed by atoms with Gasteiger partial charge in [0, 0.05) is 12.8 Å². The molecule has 17 heavy (non-hydrogen) atoms. The van der Waals surface area contributed by atoms with Crippen molar-refractivity contribution in [1.29, 1.82) is 0 Å². The smallest absolute Gasteiger partial charge is 0.305 e. The molecule has 0 aromatic rings. The Morgan fingerprint density at radius 1 is 1.41 bits per heavy atom. The molecule has 100 valence electrons. The number of thioether (sulfide) groups is 1. The molecule has 1 N–H and O–H groups in total. The Hall–Kier alpha value is -0.710. The molecule has 1 heterocycles. The topological polar surface area (TPSA) is 63.6 Å². The molecule has 0 amide bonds. The Bertz CT molecular complexity index is 211. The second-order valence-electron chi connectivity index (χ2n) is 3.79. The van der Waals surface area contributed by atoms with Crippen LogP contribution in [-0.4, -0.2) is 35.2 Å². The van der Waals surface area contributed by atoms with Crippen LogP contribution in [0.5, 0.6) is 0 Å². The van der Waals surface area contributed by atoms with Crippen LogP contribution in [0.2, 0.25) is 0 Å². The van der Waals surface area contributed by atoms with Crippen LogP contribution in [0.4, 0.5) is 0 Å². The predicted molar refractivity (Wildman–Crippen MR) is 69.3 cm³/mol. The maximum absolute atomic E-state index is 10.1. The van der Waals surface area contributed by atoms with Crippen molar-refractivity contribution in [2.45, 2.75) is 45.4 Å². The van der Waals surface area contributed by atoms with E-state index < -0.39 is 5.97 Å². The number of carbonyl (C=O) groups is 2. The second-order valence-corrected chi connectivity index (χ2v) is 5.01. The number of carboxylic acids is 1. The van der Waals surface area contributed by atoms with Gasteiger partial charge in [-0.05, 0) is 30.8 Å². The Kier molecular flexibility index (Phi) is 11.3. The van der Waals surface area contributed by atoms with E-state index in [0.29, 0.717) is 19.4 Å². The quantitative estimate of drug-likeness (QED) is 0.564. The molecule has 0 radical (unpaired) electrons. The van der Waals surface area contributed by atoms with Gasteiger partial charge < -0.3 is 9.84 Å². The lowest BCUT2D eigenvalue weighted by Gasteiger charge is -1.97. The van der Waals surface area contributed by atoms with Crippen LogP contribution in [0.15, 0.2) is 0 Å². The van der Waals surface area contributed by atoms with Crippen molar-refractivity contribution in [1.82, 2.24) is 0 Å². The molecule has 0 aromatic heterocycles. The van der Waals surface area contributed by atoms with Crippen LogP contribution in [0.3, 0.4) is 0 Å². The van der Waals surface area contributed by atoms with E-state index in [9.17, 15) is 9.59 Å². The Morgan fingerprint density at radius 2 is 2.12 bits per heavy atom. The first kappa shape index (κ1) is 16.3. The molecule has 0 aromatic carbocycles. The summed E-state index contributed by atoms with van der Waals surface area (Å²) in [4.78, 5) is 20.1. The number of aliphatic carboxylic acids is 1. The lowest BCUT2D eigenvalue weighted by molar-refractivity contribution is -0.138. The monoisotopic (exact) mass is 262 g/mol. The van der Waals surface area contributed by atoms with Gasteiger partial charge in [0.05, 0.1) is 6.61 Å². The maximum atomic E-state index is 10.1. The number of unbranched alkanes of at least 4 members (excludes halogenated alkanes) is 1. The van der Waals surface area contributed by atoms with E-state index in [-0.39, 0.29) is 5.97 Å². The zero-order valence-electron chi connectivity index (χ0n) is 10.4. The highest BCUT2D eigenvalue weighted by Gasteiger charge is 2.08. The average Bonchev–Trinajstić information content (AvgIpc) is 2.75. The summed E-state index contributed by atoms with van der Waals surface area (Å²) < 4.78 is 4.51. The van der Waals surface area contributed by atoms with Gasteiger partial charge in [-0.25, -0.2) is 0 Å². The molecule has 0 atom stereocenters. The van der Waals surface area contributed by atoms with Crippen molar-refractivity contribution in [3.05, 3.63) is 0 Å². The number of carbonyl (C=O) groups excluding carboxylic acids is 1. The first-order chi connectivity index (χ1) is 8.16. The van der Waals surface area contributed by atoms with Crippen LogP contribution in [0.25, 0.3) is 0 Å². The van der Waals surface area contributed by atoms with E-state index in [2.05, 4.69) is 11.7 Å². The van der Waals surface area contributed by atoms with E-state index in [1.807, 2.05) is 11.8 Å². The summed E-state index contributed by atoms with van der Waals surface area (Å²) >= 11 is 1.86. The van der Waals surface area contributed by atoms with E-state index in [1.165, 1.54) is 18.6 Å². The van der Waals surface area contributed by atoms with Gasteiger partial charge in [-0.15, -0.1) is 0 Å². The average molecular weight is 262 g/mol. The third-order valence-electron chi connectivity index (χ3n) is 2.11. The second kappa shape index (κ2) is 11.8. The number of hydrogen-bond acceptors (Lipinski definition) is 4. The Morgan fingerprint density at radius 3 is 2.53 bits per heavy atom. The molecule has 1 fully saturated rings. The van der Waals surface area contributed by atoms with Crippen LogP contribution in [0, 0.1) is 0 Å². The molecule has 0 unspecified atom stereocenters. The Labute approximate surface area is 107 Å². The fraction of sp³-hybridized carbons (Fsp3) is 0.833. The van der Waals surface area contributed by atoms with Gasteiger partial charge in [0.1, 0.15) is 0 Å². The third-order valence-corrected chi connectivity index (χ3v) is 3.26. The standard InChI is InChI=1S/C8H16O2S.C4H6O2/c1-2-3-6-11-7-4-5-8(9)10;5-4-2-1-3-6-4/h2-7H2,1H3,(H,9,10);1-3H2. The molecule has 1 aliphatic rings. The van der Waals surface area contributed by atoms with Crippen molar-refractivity contribution in [3.63, 3.8) is 0 Å². The number of ether oxygens (including phenoxy) is 1. The van der Waals surface area contributed by atoms with Crippen LogP contribution < -0.4 is 0 Å². The minimum Gasteiger partial charge on any atom is -0.481 e. The molecule has 0 spiro atoms. The highest BCUT2D eigenvalue weighted by atomic mass is 32.2. The number of cyclic esters (lactones) is 1. The third kappa shape index (κ3) is 13.2. The van der Waals surface area contributed by atoms with Crippen molar-refractivity contribution >= 4 is 23.7 Å². The van der Waals surface area contributed by atoms with Gasteiger partial charge in [0.25, 0.3) is 0 Å². The summed E-state index contributed by atoms with van der Waals surface area (Å²) in [5.41, 5.74) is 0. The fourth-order valence-corrected chi connectivity index (χ4v) is 2.19. The number of hydrogen-bond donors (Lipinski definition) is 1. The van der Waals surface area contributed by atoms with E-state index >= 15 is 0 Å².